The van der Waals surface area contributed by atoms with Gasteiger partial charge in [0, 0.05) is 19.1 Å². The summed E-state index contributed by atoms with van der Waals surface area (Å²) >= 11 is 7.64. The average Bonchev–Trinajstić information content (AvgIpc) is 3.06. The van der Waals surface area contributed by atoms with E-state index in [1.807, 2.05) is 0 Å². The predicted octanol–water partition coefficient (Wildman–Crippen LogP) is 3.32. The summed E-state index contributed by atoms with van der Waals surface area (Å²) in [6.45, 7) is 5.91. The molecule has 25 heavy (non-hydrogen) atoms. The number of rotatable bonds is 4. The maximum atomic E-state index is 6.21. The van der Waals surface area contributed by atoms with Crippen molar-refractivity contribution < 1.29 is 9.47 Å². The quantitative estimate of drug-likeness (QED) is 0.756. The molecule has 1 aliphatic heterocycles. The highest BCUT2D eigenvalue weighted by molar-refractivity contribution is 7.18. The van der Waals surface area contributed by atoms with Crippen molar-refractivity contribution in [2.24, 2.45) is 0 Å². The first-order chi connectivity index (χ1) is 12.2. The lowest BCUT2D eigenvalue weighted by Crippen LogP contribution is -2.46. The van der Waals surface area contributed by atoms with Crippen molar-refractivity contribution in [1.82, 2.24) is 19.9 Å². The molecule has 0 radical (unpaired) electrons. The Morgan fingerprint density at radius 3 is 2.64 bits per heavy atom. The van der Waals surface area contributed by atoms with E-state index in [1.54, 1.807) is 11.3 Å². The van der Waals surface area contributed by atoms with Gasteiger partial charge in [-0.3, -0.25) is 4.90 Å². The van der Waals surface area contributed by atoms with E-state index < -0.39 is 0 Å². The number of aryl methyl sites for hydroxylation is 1. The second-order valence-corrected chi connectivity index (χ2v) is 8.01. The second-order valence-electron chi connectivity index (χ2n) is 6.61. The van der Waals surface area contributed by atoms with Crippen LogP contribution in [0.1, 0.15) is 37.6 Å². The van der Waals surface area contributed by atoms with Crippen LogP contribution in [0.5, 0.6) is 5.88 Å². The van der Waals surface area contributed by atoms with Crippen LogP contribution < -0.4 is 4.74 Å². The zero-order valence-corrected chi connectivity index (χ0v) is 16.0. The van der Waals surface area contributed by atoms with Crippen molar-refractivity contribution in [3.8, 4) is 5.88 Å². The first-order valence-electron chi connectivity index (χ1n) is 9.04. The number of nitrogens with zero attached hydrogens (tertiary/aromatic N) is 4. The van der Waals surface area contributed by atoms with Crippen LogP contribution in [0.4, 0.5) is 0 Å². The van der Waals surface area contributed by atoms with Crippen LogP contribution in [0.25, 0.3) is 10.3 Å². The molecule has 1 saturated carbocycles. The molecule has 3 heterocycles. The van der Waals surface area contributed by atoms with Gasteiger partial charge < -0.3 is 9.47 Å². The molecule has 0 bridgehead atoms. The van der Waals surface area contributed by atoms with Crippen molar-refractivity contribution >= 4 is 33.3 Å². The number of morpholine rings is 1. The Balaban J connectivity index is 1.43. The zero-order valence-electron chi connectivity index (χ0n) is 14.4. The van der Waals surface area contributed by atoms with Crippen molar-refractivity contribution in [2.45, 2.75) is 51.2 Å². The van der Waals surface area contributed by atoms with E-state index in [9.17, 15) is 0 Å². The number of fused-ring (bicyclic) bond motifs is 1. The Kier molecular flexibility index (Phi) is 5.36. The largest absolute Gasteiger partial charge is 0.473 e. The van der Waals surface area contributed by atoms with E-state index in [-0.39, 0.29) is 11.4 Å². The summed E-state index contributed by atoms with van der Waals surface area (Å²) < 4.78 is 11.7. The molecule has 2 aromatic rings. The predicted molar refractivity (Wildman–Crippen MR) is 98.7 cm³/mol. The van der Waals surface area contributed by atoms with Crippen LogP contribution in [-0.4, -0.2) is 58.3 Å². The molecule has 4 rings (SSSR count). The summed E-state index contributed by atoms with van der Waals surface area (Å²) in [7, 11) is 0. The van der Waals surface area contributed by atoms with Gasteiger partial charge in [0.15, 0.2) is 10.3 Å². The fraction of sp³-hybridized carbons (Fsp3) is 0.706. The summed E-state index contributed by atoms with van der Waals surface area (Å²) in [6, 6.07) is 0.656. The minimum absolute atomic E-state index is 0.179. The van der Waals surface area contributed by atoms with E-state index in [1.165, 1.54) is 0 Å². The van der Waals surface area contributed by atoms with Crippen molar-refractivity contribution in [1.29, 1.82) is 0 Å². The SMILES string of the molecule is CCc1nc2c(OC3CCC(N4CCOCC4)CC3)nc(Cl)nc2s1. The smallest absolute Gasteiger partial charge is 0.246 e. The molecule has 1 aliphatic carbocycles. The Morgan fingerprint density at radius 1 is 1.16 bits per heavy atom. The van der Waals surface area contributed by atoms with E-state index >= 15 is 0 Å². The average molecular weight is 383 g/mol. The monoisotopic (exact) mass is 382 g/mol. The molecule has 6 nitrogen and oxygen atoms in total. The standard InChI is InChI=1S/C17H23ClN4O2S/c1-2-13-19-14-15(20-17(18)21-16(14)25-13)24-12-5-3-11(4-6-12)22-7-9-23-10-8-22/h11-12H,2-10H2,1H3. The van der Waals surface area contributed by atoms with E-state index in [0.29, 0.717) is 11.9 Å². The zero-order chi connectivity index (χ0) is 17.2. The fourth-order valence-corrected chi connectivity index (χ4v) is 4.76. The van der Waals surface area contributed by atoms with Crippen molar-refractivity contribution in [2.75, 3.05) is 26.3 Å². The van der Waals surface area contributed by atoms with Gasteiger partial charge in [0.1, 0.15) is 6.10 Å². The van der Waals surface area contributed by atoms with E-state index in [0.717, 1.165) is 73.8 Å². The first-order valence-corrected chi connectivity index (χ1v) is 10.2. The number of thiazole rings is 1. The van der Waals surface area contributed by atoms with Gasteiger partial charge in [0.2, 0.25) is 11.2 Å². The van der Waals surface area contributed by atoms with Crippen LogP contribution in [-0.2, 0) is 11.2 Å². The Bertz CT molecular complexity index is 727. The minimum atomic E-state index is 0.179. The number of aromatic nitrogens is 3. The Hall–Kier alpha value is -1.02. The highest BCUT2D eigenvalue weighted by atomic mass is 35.5. The fourth-order valence-electron chi connectivity index (χ4n) is 3.68. The van der Waals surface area contributed by atoms with Gasteiger partial charge in [-0.15, -0.1) is 0 Å². The van der Waals surface area contributed by atoms with Crippen LogP contribution in [0, 0.1) is 0 Å². The summed E-state index contributed by atoms with van der Waals surface area (Å²) in [6.07, 6.45) is 5.45. The van der Waals surface area contributed by atoms with Crippen molar-refractivity contribution in [3.63, 3.8) is 0 Å². The Labute approximate surface area is 156 Å². The number of halogens is 1. The third kappa shape index (κ3) is 3.89. The highest BCUT2D eigenvalue weighted by Gasteiger charge is 2.28. The van der Waals surface area contributed by atoms with Gasteiger partial charge in [0.25, 0.3) is 0 Å². The molecule has 2 aromatic heterocycles. The molecule has 8 heteroatoms. The molecule has 0 N–H and O–H groups in total. The van der Waals surface area contributed by atoms with Gasteiger partial charge in [-0.25, -0.2) is 9.97 Å². The van der Waals surface area contributed by atoms with Gasteiger partial charge in [-0.05, 0) is 43.7 Å². The molecule has 0 atom stereocenters. The molecular weight excluding hydrogens is 360 g/mol. The maximum Gasteiger partial charge on any atom is 0.246 e. The number of hydrogen-bond acceptors (Lipinski definition) is 7. The molecule has 2 fully saturated rings. The topological polar surface area (TPSA) is 60.4 Å². The summed E-state index contributed by atoms with van der Waals surface area (Å²) in [5.74, 6) is 0.542. The van der Waals surface area contributed by atoms with E-state index in [4.69, 9.17) is 21.1 Å². The lowest BCUT2D eigenvalue weighted by Gasteiger charge is -2.38. The first kappa shape index (κ1) is 17.4. The minimum Gasteiger partial charge on any atom is -0.473 e. The maximum absolute atomic E-state index is 6.21. The van der Waals surface area contributed by atoms with Crippen LogP contribution >= 0.6 is 22.9 Å². The van der Waals surface area contributed by atoms with Crippen LogP contribution in [0.15, 0.2) is 0 Å². The van der Waals surface area contributed by atoms with Crippen molar-refractivity contribution in [3.05, 3.63) is 10.3 Å². The molecule has 0 spiro atoms. The van der Waals surface area contributed by atoms with Gasteiger partial charge in [0.05, 0.1) is 18.2 Å². The molecule has 2 aliphatic rings. The normalized spacial score (nSPS) is 25.4. The summed E-state index contributed by atoms with van der Waals surface area (Å²) in [5.41, 5.74) is 0.751. The summed E-state index contributed by atoms with van der Waals surface area (Å²) in [4.78, 5) is 16.6. The summed E-state index contributed by atoms with van der Waals surface area (Å²) in [5, 5.41) is 1.27. The molecule has 0 unspecified atom stereocenters. The van der Waals surface area contributed by atoms with E-state index in [2.05, 4.69) is 26.8 Å². The Morgan fingerprint density at radius 2 is 1.92 bits per heavy atom. The van der Waals surface area contributed by atoms with Gasteiger partial charge in [-0.1, -0.05) is 18.3 Å². The van der Waals surface area contributed by atoms with Gasteiger partial charge >= 0.3 is 0 Å². The molecule has 0 amide bonds. The van der Waals surface area contributed by atoms with Crippen LogP contribution in [0.3, 0.4) is 0 Å². The lowest BCUT2D eigenvalue weighted by molar-refractivity contribution is -0.00127. The second kappa shape index (κ2) is 7.70. The molecule has 136 valence electrons. The van der Waals surface area contributed by atoms with Gasteiger partial charge in [-0.2, -0.15) is 4.98 Å². The van der Waals surface area contributed by atoms with Crippen LogP contribution in [0.2, 0.25) is 5.28 Å². The lowest BCUT2D eigenvalue weighted by atomic mass is 9.91. The highest BCUT2D eigenvalue weighted by Crippen LogP contribution is 2.32. The number of ether oxygens (including phenoxy) is 2. The third-order valence-electron chi connectivity index (χ3n) is 5.03. The molecular formula is C17H23ClN4O2S. The number of hydrogen-bond donors (Lipinski definition) is 0. The third-order valence-corrected chi connectivity index (χ3v) is 6.29. The molecule has 0 aromatic carbocycles. The molecule has 1 saturated heterocycles.